The largest absolute Gasteiger partial charge is 0.867 e. The summed E-state index contributed by atoms with van der Waals surface area (Å²) >= 11 is 0. The molecule has 0 saturated heterocycles. The Labute approximate surface area is 236 Å². The lowest BCUT2D eigenvalue weighted by Crippen LogP contribution is -2.18. The van der Waals surface area contributed by atoms with E-state index in [1.807, 2.05) is 0 Å². The lowest BCUT2D eigenvalue weighted by molar-refractivity contribution is -0.280. The molecule has 0 heterocycles. The molecule has 14 nitrogen and oxygen atoms in total. The quantitative estimate of drug-likeness (QED) is 0.122. The highest BCUT2D eigenvalue weighted by atomic mass is 16.6. The van der Waals surface area contributed by atoms with E-state index in [9.17, 15) is 10.2 Å². The van der Waals surface area contributed by atoms with Crippen molar-refractivity contribution in [2.45, 2.75) is 0 Å². The zero-order valence-corrected chi connectivity index (χ0v) is 24.0. The average Bonchev–Trinajstić information content (AvgIpc) is 2.96. The van der Waals surface area contributed by atoms with Crippen LogP contribution in [0.15, 0.2) is 0 Å². The Morgan fingerprint density at radius 1 is 0.325 bits per heavy atom. The number of benzene rings is 1. The zero-order valence-electron chi connectivity index (χ0n) is 24.0. The summed E-state index contributed by atoms with van der Waals surface area (Å²) in [5.41, 5.74) is 0. The van der Waals surface area contributed by atoms with Crippen LogP contribution in [0.25, 0.3) is 0 Å². The van der Waals surface area contributed by atoms with Gasteiger partial charge in [0.2, 0.25) is 0 Å². The maximum atomic E-state index is 13.5. The molecule has 0 radical (unpaired) electrons. The predicted molar refractivity (Wildman–Crippen MR) is 138 cm³/mol. The van der Waals surface area contributed by atoms with Crippen LogP contribution in [0.4, 0.5) is 0 Å². The summed E-state index contributed by atoms with van der Waals surface area (Å²) < 4.78 is 64.0. The molecule has 0 saturated carbocycles. The van der Waals surface area contributed by atoms with Crippen LogP contribution in [-0.2, 0) is 37.9 Å². The van der Waals surface area contributed by atoms with Gasteiger partial charge in [0, 0.05) is 28.4 Å². The molecule has 1 aromatic rings. The molecule has 0 atom stereocenters. The van der Waals surface area contributed by atoms with Crippen molar-refractivity contribution in [1.29, 1.82) is 0 Å². The second-order valence-corrected chi connectivity index (χ2v) is 7.79. The van der Waals surface area contributed by atoms with Crippen LogP contribution in [-0.4, -0.2) is 134 Å². The highest BCUT2D eigenvalue weighted by molar-refractivity contribution is 5.71. The van der Waals surface area contributed by atoms with Gasteiger partial charge in [-0.25, -0.2) is 0 Å². The van der Waals surface area contributed by atoms with E-state index < -0.39 is 11.5 Å². The number of ether oxygens (including phenoxy) is 12. The first-order valence-electron chi connectivity index (χ1n) is 13.0. The molecule has 1 aromatic carbocycles. The van der Waals surface area contributed by atoms with Crippen LogP contribution in [0.3, 0.4) is 0 Å². The summed E-state index contributed by atoms with van der Waals surface area (Å²) in [6.07, 6.45) is 0. The van der Waals surface area contributed by atoms with E-state index in [2.05, 4.69) is 0 Å². The van der Waals surface area contributed by atoms with Gasteiger partial charge < -0.3 is 67.1 Å². The Balaban J connectivity index is 3.11. The Hall–Kier alpha value is -2.30. The molecular weight excluding hydrogens is 536 g/mol. The molecule has 0 unspecified atom stereocenters. The van der Waals surface area contributed by atoms with Crippen molar-refractivity contribution in [3.05, 3.63) is 0 Å². The van der Waals surface area contributed by atoms with E-state index in [0.717, 1.165) is 0 Å². The fourth-order valence-corrected chi connectivity index (χ4v) is 2.93. The highest BCUT2D eigenvalue weighted by Gasteiger charge is 2.20. The third-order valence-electron chi connectivity index (χ3n) is 4.86. The maximum Gasteiger partial charge on any atom is 0.156 e. The van der Waals surface area contributed by atoms with Crippen LogP contribution in [0.1, 0.15) is 0 Å². The van der Waals surface area contributed by atoms with Crippen LogP contribution >= 0.6 is 0 Å². The van der Waals surface area contributed by atoms with E-state index in [-0.39, 0.29) is 75.9 Å². The fraction of sp³-hybridized carbons (Fsp3) is 0.769. The predicted octanol–water partition coefficient (Wildman–Crippen LogP) is 0.00100. The van der Waals surface area contributed by atoms with Gasteiger partial charge in [-0.05, 0) is 11.5 Å². The van der Waals surface area contributed by atoms with Crippen molar-refractivity contribution in [2.75, 3.05) is 134 Å². The van der Waals surface area contributed by atoms with Crippen molar-refractivity contribution >= 4 is 0 Å². The maximum absolute atomic E-state index is 13.5. The van der Waals surface area contributed by atoms with Gasteiger partial charge in [-0.15, -0.1) is 0 Å². The topological polar surface area (TPSA) is 157 Å². The molecule has 0 aliphatic heterocycles. The van der Waals surface area contributed by atoms with Gasteiger partial charge in [0.15, 0.2) is 23.0 Å². The summed E-state index contributed by atoms with van der Waals surface area (Å²) in [7, 11) is 6.23. The minimum Gasteiger partial charge on any atom is -0.867 e. The van der Waals surface area contributed by atoms with Gasteiger partial charge in [-0.1, -0.05) is 0 Å². The molecule has 0 aromatic heterocycles. The molecule has 0 fully saturated rings. The van der Waals surface area contributed by atoms with E-state index >= 15 is 0 Å². The normalized spacial score (nSPS) is 11.1. The van der Waals surface area contributed by atoms with Crippen molar-refractivity contribution in [1.82, 2.24) is 0 Å². The monoisotopic (exact) mass is 580 g/mol. The van der Waals surface area contributed by atoms with E-state index in [4.69, 9.17) is 56.8 Å². The van der Waals surface area contributed by atoms with E-state index in [1.165, 1.54) is 0 Å². The number of methoxy groups -OCH3 is 4. The average molecular weight is 581 g/mol. The third kappa shape index (κ3) is 14.9. The van der Waals surface area contributed by atoms with Crippen LogP contribution in [0.5, 0.6) is 34.5 Å². The second-order valence-electron chi connectivity index (χ2n) is 7.79. The molecule has 0 N–H and O–H groups in total. The van der Waals surface area contributed by atoms with Crippen LogP contribution < -0.4 is 29.2 Å². The van der Waals surface area contributed by atoms with Crippen molar-refractivity contribution in [3.63, 3.8) is 0 Å². The van der Waals surface area contributed by atoms with E-state index in [1.54, 1.807) is 28.4 Å². The zero-order chi connectivity index (χ0) is 29.3. The first-order valence-corrected chi connectivity index (χ1v) is 13.0. The van der Waals surface area contributed by atoms with Crippen LogP contribution in [0.2, 0.25) is 0 Å². The molecule has 14 heteroatoms. The Bertz CT molecular complexity index is 631. The minimum atomic E-state index is -0.709. The van der Waals surface area contributed by atoms with Crippen LogP contribution in [0, 0.1) is 0 Å². The first-order chi connectivity index (χ1) is 19.6. The smallest absolute Gasteiger partial charge is 0.156 e. The Morgan fingerprint density at radius 2 is 0.525 bits per heavy atom. The van der Waals surface area contributed by atoms with Gasteiger partial charge in [-0.3, -0.25) is 0 Å². The summed E-state index contributed by atoms with van der Waals surface area (Å²) in [5, 5.41) is 27.0. The van der Waals surface area contributed by atoms with Crippen molar-refractivity contribution in [2.24, 2.45) is 0 Å². The summed E-state index contributed by atoms with van der Waals surface area (Å²) in [5.74, 6) is -2.65. The first kappa shape index (κ1) is 35.7. The Kier molecular flexibility index (Phi) is 21.9. The lowest BCUT2D eigenvalue weighted by atomic mass is 10.2. The van der Waals surface area contributed by atoms with Gasteiger partial charge in [0.25, 0.3) is 0 Å². The minimum absolute atomic E-state index is 0.0216. The number of hydrogen-bond donors (Lipinski definition) is 0. The molecule has 0 aliphatic carbocycles. The number of rotatable bonds is 28. The molecule has 40 heavy (non-hydrogen) atoms. The SMILES string of the molecule is COCCOCCOc1c([O-])c(OCCOCCOC)c(OCCOCCOC)c([O-])c1OCCOCCOC. The summed E-state index contributed by atoms with van der Waals surface area (Å²) in [6, 6.07) is 0. The fourth-order valence-electron chi connectivity index (χ4n) is 2.93. The summed E-state index contributed by atoms with van der Waals surface area (Å²) in [4.78, 5) is 0. The highest BCUT2D eigenvalue weighted by Crippen LogP contribution is 2.54. The van der Waals surface area contributed by atoms with Gasteiger partial charge in [-0.2, -0.15) is 0 Å². The van der Waals surface area contributed by atoms with Gasteiger partial charge in [0.05, 0.1) is 79.3 Å². The molecule has 0 aliphatic rings. The number of hydrogen-bond acceptors (Lipinski definition) is 14. The van der Waals surface area contributed by atoms with Crippen molar-refractivity contribution < 1.29 is 67.1 Å². The third-order valence-corrected chi connectivity index (χ3v) is 4.86. The van der Waals surface area contributed by atoms with Crippen molar-refractivity contribution in [3.8, 4) is 34.5 Å². The van der Waals surface area contributed by atoms with Gasteiger partial charge >= 0.3 is 0 Å². The molecule has 0 bridgehead atoms. The second kappa shape index (κ2) is 24.5. The van der Waals surface area contributed by atoms with E-state index in [0.29, 0.717) is 52.9 Å². The molecule has 1 rings (SSSR count). The molecule has 0 spiro atoms. The lowest BCUT2D eigenvalue weighted by Gasteiger charge is -2.30. The summed E-state index contributed by atoms with van der Waals surface area (Å²) in [6.45, 7) is 3.50. The molecular formula is C26H44O14-2. The molecule has 0 amide bonds. The van der Waals surface area contributed by atoms with Gasteiger partial charge in [0.1, 0.15) is 26.4 Å². The molecule has 234 valence electrons. The Morgan fingerprint density at radius 3 is 0.725 bits per heavy atom. The standard InChI is InChI=1S/C26H46O14/c1-29-5-9-33-13-17-37-23-21(27)25(39-19-15-35-11-7-31-3)26(40-20-16-36-12-8-32-4)22(28)24(23)38-18-14-34-10-6-30-2/h27-28H,5-20H2,1-4H3/p-2.